The van der Waals surface area contributed by atoms with Crippen molar-refractivity contribution in [1.82, 2.24) is 0 Å². The van der Waals surface area contributed by atoms with E-state index in [4.69, 9.17) is 8.85 Å². The topological polar surface area (TPSA) is 52.6 Å². The predicted octanol–water partition coefficient (Wildman–Crippen LogP) is 5.47. The number of carbonyl (C=O) groups excluding carboxylic acids is 2. The van der Waals surface area contributed by atoms with Gasteiger partial charge in [-0.05, 0) is 36.3 Å². The summed E-state index contributed by atoms with van der Waals surface area (Å²) in [5.41, 5.74) is 0. The van der Waals surface area contributed by atoms with Gasteiger partial charge in [-0.25, -0.2) is 0 Å². The molecular formula is C21H32O4Si2. The Hall–Kier alpha value is -2.19. The molecule has 27 heavy (non-hydrogen) atoms. The molecule has 0 aliphatic rings. The van der Waals surface area contributed by atoms with Crippen LogP contribution in [-0.2, 0) is 18.4 Å². The van der Waals surface area contributed by atoms with Crippen LogP contribution in [0.3, 0.4) is 0 Å². The molecule has 0 atom stereocenters. The van der Waals surface area contributed by atoms with E-state index in [0.29, 0.717) is 36.3 Å². The fraction of sp³-hybridized carbons (Fsp3) is 0.333. The fourth-order valence-electron chi connectivity index (χ4n) is 3.00. The highest BCUT2D eigenvalue weighted by molar-refractivity contribution is 6.77. The first kappa shape index (κ1) is 24.8. The SMILES string of the molecule is C=CC[Si](CC=C)(CC=C)OC(=O)CC(=O)O[Si](CC=C)(CC=C)CC=C. The molecule has 0 aromatic carbocycles. The molecule has 0 radical (unpaired) electrons. The maximum absolute atomic E-state index is 12.4. The molecule has 0 aromatic rings. The summed E-state index contributed by atoms with van der Waals surface area (Å²) in [6.45, 7) is 22.5. The van der Waals surface area contributed by atoms with Gasteiger partial charge in [0.1, 0.15) is 6.42 Å². The lowest BCUT2D eigenvalue weighted by Crippen LogP contribution is -2.42. The quantitative estimate of drug-likeness (QED) is 0.194. The zero-order valence-electron chi connectivity index (χ0n) is 16.3. The van der Waals surface area contributed by atoms with Gasteiger partial charge in [0, 0.05) is 0 Å². The Morgan fingerprint density at radius 2 is 0.778 bits per heavy atom. The fourth-order valence-corrected chi connectivity index (χ4v) is 8.77. The zero-order valence-corrected chi connectivity index (χ0v) is 18.3. The van der Waals surface area contributed by atoms with E-state index in [1.54, 1.807) is 36.5 Å². The number of rotatable bonds is 16. The summed E-state index contributed by atoms with van der Waals surface area (Å²) in [4.78, 5) is 24.8. The minimum Gasteiger partial charge on any atom is -0.518 e. The minimum absolute atomic E-state index is 0.416. The zero-order chi connectivity index (χ0) is 20.8. The van der Waals surface area contributed by atoms with E-state index in [9.17, 15) is 9.59 Å². The Bertz CT molecular complexity index is 478. The van der Waals surface area contributed by atoms with Crippen molar-refractivity contribution in [1.29, 1.82) is 0 Å². The average Bonchev–Trinajstić information content (AvgIpc) is 2.55. The van der Waals surface area contributed by atoms with E-state index in [2.05, 4.69) is 39.5 Å². The highest BCUT2D eigenvalue weighted by atomic mass is 28.4. The smallest absolute Gasteiger partial charge is 0.303 e. The molecule has 0 aliphatic carbocycles. The maximum atomic E-state index is 12.4. The van der Waals surface area contributed by atoms with Crippen LogP contribution in [0.15, 0.2) is 75.9 Å². The second kappa shape index (κ2) is 13.1. The van der Waals surface area contributed by atoms with Crippen LogP contribution in [0.5, 0.6) is 0 Å². The molecule has 0 aromatic heterocycles. The maximum Gasteiger partial charge on any atom is 0.303 e. The molecule has 148 valence electrons. The van der Waals surface area contributed by atoms with E-state index in [1.165, 1.54) is 0 Å². The van der Waals surface area contributed by atoms with E-state index in [-0.39, 0.29) is 0 Å². The van der Waals surface area contributed by atoms with Crippen molar-refractivity contribution < 1.29 is 18.4 Å². The molecule has 0 spiro atoms. The summed E-state index contributed by atoms with van der Waals surface area (Å²) in [6.07, 6.45) is 10.0. The highest BCUT2D eigenvalue weighted by Crippen LogP contribution is 2.27. The molecule has 0 bridgehead atoms. The van der Waals surface area contributed by atoms with Gasteiger partial charge in [0.25, 0.3) is 16.6 Å². The number of hydrogen-bond donors (Lipinski definition) is 0. The summed E-state index contributed by atoms with van der Waals surface area (Å²) in [5, 5.41) is 0. The second-order valence-electron chi connectivity index (χ2n) is 6.45. The van der Waals surface area contributed by atoms with Crippen LogP contribution in [-0.4, -0.2) is 28.6 Å². The van der Waals surface area contributed by atoms with E-state index in [1.807, 2.05) is 0 Å². The van der Waals surface area contributed by atoms with Crippen molar-refractivity contribution in [3.05, 3.63) is 75.9 Å². The summed E-state index contributed by atoms with van der Waals surface area (Å²) in [7, 11) is -4.96. The third kappa shape index (κ3) is 8.83. The van der Waals surface area contributed by atoms with Gasteiger partial charge in [0.15, 0.2) is 0 Å². The van der Waals surface area contributed by atoms with Crippen molar-refractivity contribution in [3.8, 4) is 0 Å². The van der Waals surface area contributed by atoms with Crippen LogP contribution in [0.2, 0.25) is 36.3 Å². The first-order valence-electron chi connectivity index (χ1n) is 8.95. The van der Waals surface area contributed by atoms with Gasteiger partial charge in [-0.2, -0.15) is 0 Å². The van der Waals surface area contributed by atoms with Crippen molar-refractivity contribution in [2.75, 3.05) is 0 Å². The van der Waals surface area contributed by atoms with Crippen molar-refractivity contribution in [3.63, 3.8) is 0 Å². The van der Waals surface area contributed by atoms with Gasteiger partial charge >= 0.3 is 11.9 Å². The lowest BCUT2D eigenvalue weighted by molar-refractivity contribution is -0.145. The van der Waals surface area contributed by atoms with Gasteiger partial charge < -0.3 is 8.85 Å². The molecule has 0 saturated heterocycles. The number of allylic oxidation sites excluding steroid dienone is 6. The minimum atomic E-state index is -2.48. The van der Waals surface area contributed by atoms with Gasteiger partial charge in [-0.1, -0.05) is 36.5 Å². The second-order valence-corrected chi connectivity index (χ2v) is 14.0. The lowest BCUT2D eigenvalue weighted by atomic mass is 10.5. The Morgan fingerprint density at radius 3 is 0.963 bits per heavy atom. The van der Waals surface area contributed by atoms with Crippen LogP contribution < -0.4 is 0 Å². The van der Waals surface area contributed by atoms with Crippen molar-refractivity contribution >= 4 is 28.6 Å². The first-order chi connectivity index (χ1) is 12.9. The first-order valence-corrected chi connectivity index (χ1v) is 14.0. The van der Waals surface area contributed by atoms with E-state index >= 15 is 0 Å². The third-order valence-corrected chi connectivity index (χ3v) is 11.6. The standard InChI is InChI=1S/C21H32O4Si2/c1-7-13-26(14-8-2,15-9-3)24-20(22)19-21(23)25-27(16-10-4,17-11-5)18-12-6/h7-12H,1-6,13-19H2. The van der Waals surface area contributed by atoms with Gasteiger partial charge in [-0.15, -0.1) is 39.5 Å². The molecule has 0 heterocycles. The largest absolute Gasteiger partial charge is 0.518 e. The average molecular weight is 405 g/mol. The molecule has 0 rings (SSSR count). The molecule has 0 N–H and O–H groups in total. The molecule has 4 nitrogen and oxygen atoms in total. The van der Waals surface area contributed by atoms with E-state index < -0.39 is 35.0 Å². The summed E-state index contributed by atoms with van der Waals surface area (Å²) >= 11 is 0. The monoisotopic (exact) mass is 404 g/mol. The summed E-state index contributed by atoms with van der Waals surface area (Å²) < 4.78 is 11.5. The van der Waals surface area contributed by atoms with Crippen LogP contribution >= 0.6 is 0 Å². The Morgan fingerprint density at radius 1 is 0.556 bits per heavy atom. The molecule has 6 heteroatoms. The number of hydrogen-bond acceptors (Lipinski definition) is 4. The van der Waals surface area contributed by atoms with Gasteiger partial charge in [0.05, 0.1) is 0 Å². The van der Waals surface area contributed by atoms with E-state index in [0.717, 1.165) is 0 Å². The van der Waals surface area contributed by atoms with Crippen LogP contribution in [0, 0.1) is 0 Å². The normalized spacial score (nSPS) is 11.0. The summed E-state index contributed by atoms with van der Waals surface area (Å²) in [6, 6.07) is 3.46. The van der Waals surface area contributed by atoms with Crippen LogP contribution in [0.25, 0.3) is 0 Å². The molecule has 0 fully saturated rings. The molecule has 0 unspecified atom stereocenters. The van der Waals surface area contributed by atoms with Crippen molar-refractivity contribution in [2.24, 2.45) is 0 Å². The van der Waals surface area contributed by atoms with Crippen molar-refractivity contribution in [2.45, 2.75) is 42.7 Å². The highest BCUT2D eigenvalue weighted by Gasteiger charge is 2.38. The van der Waals surface area contributed by atoms with Crippen LogP contribution in [0.1, 0.15) is 6.42 Å². The van der Waals surface area contributed by atoms with Gasteiger partial charge in [0.2, 0.25) is 0 Å². The Labute approximate surface area is 165 Å². The molecule has 0 amide bonds. The van der Waals surface area contributed by atoms with Crippen LogP contribution in [0.4, 0.5) is 0 Å². The van der Waals surface area contributed by atoms with Gasteiger partial charge in [-0.3, -0.25) is 9.59 Å². The lowest BCUT2D eigenvalue weighted by Gasteiger charge is -2.30. The number of carbonyl (C=O) groups is 2. The summed E-state index contributed by atoms with van der Waals surface area (Å²) in [5.74, 6) is -1.15. The molecular weight excluding hydrogens is 372 g/mol. The Kier molecular flexibility index (Phi) is 12.0. The molecule has 0 aliphatic heterocycles. The molecule has 0 saturated carbocycles. The Balaban J connectivity index is 5.20. The third-order valence-electron chi connectivity index (χ3n) is 4.05. The predicted molar refractivity (Wildman–Crippen MR) is 118 cm³/mol.